The Kier molecular flexibility index (Phi) is 21.3. The monoisotopic (exact) mass is 228 g/mol. The van der Waals surface area contributed by atoms with Gasteiger partial charge in [0.1, 0.15) is 0 Å². The third kappa shape index (κ3) is 19.8. The summed E-state index contributed by atoms with van der Waals surface area (Å²) in [6.07, 6.45) is 0.785. The van der Waals surface area contributed by atoms with Crippen molar-refractivity contribution >= 4 is 35.0 Å². The molecular formula is C9H16MgO5. The maximum Gasteiger partial charge on any atom is 2.00 e. The van der Waals surface area contributed by atoms with Gasteiger partial charge in [-0.2, -0.15) is 6.42 Å². The van der Waals surface area contributed by atoms with Gasteiger partial charge in [0, 0.05) is 0 Å². The molecule has 0 aromatic rings. The maximum atomic E-state index is 10.5. The molecule has 0 fully saturated rings. The predicted molar refractivity (Wildman–Crippen MR) is 53.9 cm³/mol. The normalized spacial score (nSPS) is 7.47. The molecule has 0 aliphatic carbocycles. The smallest absolute Gasteiger partial charge is 0.855 e. The van der Waals surface area contributed by atoms with E-state index >= 15 is 0 Å². The van der Waals surface area contributed by atoms with Crippen molar-refractivity contribution in [3.63, 3.8) is 0 Å². The maximum absolute atomic E-state index is 10.5. The average Bonchev–Trinajstić information content (AvgIpc) is 2.05. The van der Waals surface area contributed by atoms with Gasteiger partial charge in [-0.25, -0.2) is 0 Å². The molecule has 0 radical (unpaired) electrons. The van der Waals surface area contributed by atoms with E-state index in [2.05, 4.69) is 9.47 Å². The minimum atomic E-state index is -0.661. The number of hydrogen-bond acceptors (Lipinski definition) is 5. The van der Waals surface area contributed by atoms with E-state index in [0.29, 0.717) is 0 Å². The molecule has 0 heterocycles. The van der Waals surface area contributed by atoms with Crippen LogP contribution in [0.4, 0.5) is 0 Å². The second-order valence-corrected chi connectivity index (χ2v) is 1.94. The fourth-order valence-electron chi connectivity index (χ4n) is 0.464. The molecule has 0 aliphatic heterocycles. The summed E-state index contributed by atoms with van der Waals surface area (Å²) < 4.78 is 8.93. The van der Waals surface area contributed by atoms with Crippen LogP contribution in [0.2, 0.25) is 0 Å². The van der Waals surface area contributed by atoms with Crippen LogP contribution in [-0.4, -0.2) is 54.8 Å². The summed E-state index contributed by atoms with van der Waals surface area (Å²) in [5.41, 5.74) is 0. The van der Waals surface area contributed by atoms with Crippen LogP contribution in [0.15, 0.2) is 0 Å². The minimum Gasteiger partial charge on any atom is -0.855 e. The van der Waals surface area contributed by atoms with Crippen molar-refractivity contribution < 1.29 is 24.2 Å². The van der Waals surface area contributed by atoms with Crippen LogP contribution >= 0.6 is 0 Å². The average molecular weight is 229 g/mol. The first kappa shape index (κ1) is 20.0. The van der Waals surface area contributed by atoms with Gasteiger partial charge < -0.3 is 14.6 Å². The Labute approximate surface area is 106 Å². The van der Waals surface area contributed by atoms with Gasteiger partial charge in [0.25, 0.3) is 0 Å². The van der Waals surface area contributed by atoms with Crippen molar-refractivity contribution in [3.05, 3.63) is 6.42 Å². The van der Waals surface area contributed by atoms with E-state index < -0.39 is 11.9 Å². The molecule has 0 aromatic carbocycles. The van der Waals surface area contributed by atoms with Crippen LogP contribution in [0.3, 0.4) is 0 Å². The topological polar surface area (TPSA) is 75.7 Å². The largest absolute Gasteiger partial charge is 2.00 e. The molecule has 0 rings (SSSR count). The van der Waals surface area contributed by atoms with E-state index in [1.165, 1.54) is 0 Å². The molecule has 0 amide bonds. The first-order valence-electron chi connectivity index (χ1n) is 4.38. The molecular weight excluding hydrogens is 212 g/mol. The van der Waals surface area contributed by atoms with Crippen LogP contribution in [0.1, 0.15) is 20.8 Å². The molecule has 0 bridgehead atoms. The van der Waals surface area contributed by atoms with E-state index in [9.17, 15) is 9.59 Å². The summed E-state index contributed by atoms with van der Waals surface area (Å²) in [4.78, 5) is 21.1. The Morgan fingerprint density at radius 3 is 1.53 bits per heavy atom. The van der Waals surface area contributed by atoms with Gasteiger partial charge in [-0.3, -0.25) is 9.59 Å². The summed E-state index contributed by atoms with van der Waals surface area (Å²) >= 11 is 0. The van der Waals surface area contributed by atoms with Gasteiger partial charge in [-0.1, -0.05) is 6.92 Å². The molecule has 15 heavy (non-hydrogen) atoms. The number of esters is 2. The van der Waals surface area contributed by atoms with E-state index in [4.69, 9.17) is 5.11 Å². The molecule has 0 unspecified atom stereocenters. The Bertz CT molecular complexity index is 145. The summed E-state index contributed by atoms with van der Waals surface area (Å²) in [5, 5.41) is 8.93. The third-order valence-corrected chi connectivity index (χ3v) is 0.809. The zero-order valence-electron chi connectivity index (χ0n) is 9.45. The summed E-state index contributed by atoms with van der Waals surface area (Å²) in [6.45, 7) is 5.41. The van der Waals surface area contributed by atoms with Crippen molar-refractivity contribution in [3.8, 4) is 0 Å². The van der Waals surface area contributed by atoms with Crippen molar-refractivity contribution in [2.24, 2.45) is 0 Å². The molecule has 0 spiro atoms. The van der Waals surface area contributed by atoms with E-state index in [1.807, 2.05) is 0 Å². The van der Waals surface area contributed by atoms with Crippen LogP contribution in [0.25, 0.3) is 0 Å². The van der Waals surface area contributed by atoms with E-state index in [-0.39, 0.29) is 42.9 Å². The summed E-state index contributed by atoms with van der Waals surface area (Å²) in [6, 6.07) is 0. The van der Waals surface area contributed by atoms with Gasteiger partial charge in [-0.15, -0.1) is 6.61 Å². The minimum absolute atomic E-state index is 0. The SMILES string of the molecule is CCOC(=O)[CH-]C(=O)OCC.CC[O-].[Mg+2]. The molecule has 6 heteroatoms. The molecule has 0 saturated carbocycles. The molecule has 0 atom stereocenters. The summed E-state index contributed by atoms with van der Waals surface area (Å²) in [5.74, 6) is -1.32. The number of carbonyl (C=O) groups is 2. The fourth-order valence-corrected chi connectivity index (χ4v) is 0.464. The number of ether oxygens (including phenoxy) is 2. The van der Waals surface area contributed by atoms with Gasteiger partial charge in [-0.05, 0) is 13.8 Å². The Balaban J connectivity index is -0.000000320. The van der Waals surface area contributed by atoms with E-state index in [1.54, 1.807) is 20.8 Å². The van der Waals surface area contributed by atoms with Gasteiger partial charge >= 0.3 is 23.1 Å². The number of hydrogen-bond donors (Lipinski definition) is 0. The standard InChI is InChI=1S/C7H11O4.C2H5O.Mg/c1-3-10-6(8)5-7(9)11-4-2;1-2-3;/h5H,3-4H2,1-2H3;2H2,1H3;/q2*-1;+2. The van der Waals surface area contributed by atoms with Crippen molar-refractivity contribution in [1.82, 2.24) is 0 Å². The zero-order chi connectivity index (χ0) is 11.4. The molecule has 5 nitrogen and oxygen atoms in total. The Hall–Kier alpha value is -0.464. The van der Waals surface area contributed by atoms with Gasteiger partial charge in [0.15, 0.2) is 11.9 Å². The van der Waals surface area contributed by atoms with Gasteiger partial charge in [0.05, 0.1) is 13.2 Å². The first-order valence-corrected chi connectivity index (χ1v) is 4.38. The van der Waals surface area contributed by atoms with Crippen molar-refractivity contribution in [2.45, 2.75) is 20.8 Å². The number of carbonyl (C=O) groups excluding carboxylic acids is 2. The van der Waals surface area contributed by atoms with Crippen LogP contribution in [0, 0.1) is 6.42 Å². The van der Waals surface area contributed by atoms with Crippen molar-refractivity contribution in [2.75, 3.05) is 19.8 Å². The Morgan fingerprint density at radius 1 is 1.07 bits per heavy atom. The molecule has 0 aliphatic rings. The second-order valence-electron chi connectivity index (χ2n) is 1.94. The quantitative estimate of drug-likeness (QED) is 0.275. The van der Waals surface area contributed by atoms with Crippen LogP contribution in [0.5, 0.6) is 0 Å². The second kappa shape index (κ2) is 16.0. The molecule has 0 N–H and O–H groups in total. The van der Waals surface area contributed by atoms with Crippen LogP contribution < -0.4 is 5.11 Å². The molecule has 0 saturated heterocycles. The zero-order valence-corrected chi connectivity index (χ0v) is 10.9. The first-order chi connectivity index (χ1) is 6.62. The third-order valence-electron chi connectivity index (χ3n) is 0.809. The van der Waals surface area contributed by atoms with Crippen molar-refractivity contribution in [1.29, 1.82) is 0 Å². The predicted octanol–water partition coefficient (Wildman–Crippen LogP) is -0.697. The fraction of sp³-hybridized carbons (Fsp3) is 0.667. The molecule has 84 valence electrons. The van der Waals surface area contributed by atoms with E-state index in [0.717, 1.165) is 6.42 Å². The molecule has 0 aromatic heterocycles. The summed E-state index contributed by atoms with van der Waals surface area (Å²) in [7, 11) is 0. The van der Waals surface area contributed by atoms with Gasteiger partial charge in [0.2, 0.25) is 0 Å². The van der Waals surface area contributed by atoms with Crippen LogP contribution in [-0.2, 0) is 19.1 Å². The Morgan fingerprint density at radius 2 is 1.33 bits per heavy atom. The number of rotatable bonds is 4.